The maximum atomic E-state index is 15.4. The van der Waals surface area contributed by atoms with Crippen LogP contribution in [0.25, 0.3) is 0 Å². The quantitative estimate of drug-likeness (QED) is 0.420. The minimum absolute atomic E-state index is 0.0213. The van der Waals surface area contributed by atoms with Crippen LogP contribution in [-0.4, -0.2) is 12.3 Å². The Kier molecular flexibility index (Phi) is 6.79. The van der Waals surface area contributed by atoms with E-state index < -0.39 is 5.67 Å². The first-order valence-electron chi connectivity index (χ1n) is 10.4. The van der Waals surface area contributed by atoms with Gasteiger partial charge in [0.1, 0.15) is 17.3 Å². The average Bonchev–Trinajstić information content (AvgIpc) is 2.69. The standard InChI is InChI=1S/C26H31FO2/c1-4-28-22-15-13-21(14-16-22)25(2,3)17-9-19-26(27)18-8-12-24(20-26)29-23-10-6-5-7-11-23/h5-8,10-11,13-16,18,20H,4,9,12,17,19H2,1-3H3. The summed E-state index contributed by atoms with van der Waals surface area (Å²) >= 11 is 0. The highest BCUT2D eigenvalue weighted by molar-refractivity contribution is 5.32. The number of ether oxygens (including phenoxy) is 2. The number of hydrogen-bond donors (Lipinski definition) is 0. The molecule has 0 radical (unpaired) electrons. The van der Waals surface area contributed by atoms with Gasteiger partial charge in [0.05, 0.1) is 6.61 Å². The van der Waals surface area contributed by atoms with Gasteiger partial charge in [0.25, 0.3) is 0 Å². The van der Waals surface area contributed by atoms with Crippen molar-refractivity contribution in [3.63, 3.8) is 0 Å². The van der Waals surface area contributed by atoms with Crippen molar-refractivity contribution < 1.29 is 13.9 Å². The molecular formula is C26H31FO2. The maximum absolute atomic E-state index is 15.4. The molecule has 0 aliphatic heterocycles. The van der Waals surface area contributed by atoms with Crippen LogP contribution in [0.15, 0.2) is 78.6 Å². The second kappa shape index (κ2) is 9.30. The topological polar surface area (TPSA) is 18.5 Å². The molecule has 2 aromatic carbocycles. The van der Waals surface area contributed by atoms with E-state index in [0.29, 0.717) is 25.2 Å². The van der Waals surface area contributed by atoms with Gasteiger partial charge in [0.2, 0.25) is 0 Å². The highest BCUT2D eigenvalue weighted by Gasteiger charge is 2.29. The Morgan fingerprint density at radius 2 is 1.72 bits per heavy atom. The van der Waals surface area contributed by atoms with Crippen LogP contribution in [-0.2, 0) is 5.41 Å². The van der Waals surface area contributed by atoms with Gasteiger partial charge in [-0.3, -0.25) is 0 Å². The van der Waals surface area contributed by atoms with E-state index in [4.69, 9.17) is 9.47 Å². The Hall–Kier alpha value is -2.55. The normalized spacial score (nSPS) is 19.0. The summed E-state index contributed by atoms with van der Waals surface area (Å²) in [6.07, 6.45) is 7.96. The van der Waals surface area contributed by atoms with Crippen molar-refractivity contribution in [2.24, 2.45) is 0 Å². The lowest BCUT2D eigenvalue weighted by atomic mass is 9.79. The zero-order valence-electron chi connectivity index (χ0n) is 17.7. The molecule has 1 aliphatic carbocycles. The molecule has 154 valence electrons. The minimum atomic E-state index is -1.45. The fourth-order valence-electron chi connectivity index (χ4n) is 3.73. The molecule has 0 aromatic heterocycles. The smallest absolute Gasteiger partial charge is 0.150 e. The fourth-order valence-corrected chi connectivity index (χ4v) is 3.73. The second-order valence-corrected chi connectivity index (χ2v) is 8.25. The van der Waals surface area contributed by atoms with Crippen LogP contribution in [0, 0.1) is 0 Å². The summed E-state index contributed by atoms with van der Waals surface area (Å²) in [5.41, 5.74) is -0.221. The summed E-state index contributed by atoms with van der Waals surface area (Å²) in [4.78, 5) is 0. The summed E-state index contributed by atoms with van der Waals surface area (Å²) in [6.45, 7) is 7.07. The summed E-state index contributed by atoms with van der Waals surface area (Å²) < 4.78 is 26.8. The van der Waals surface area contributed by atoms with Crippen LogP contribution in [0.4, 0.5) is 4.39 Å². The van der Waals surface area contributed by atoms with E-state index in [0.717, 1.165) is 24.3 Å². The molecule has 1 unspecified atom stereocenters. The molecule has 0 N–H and O–H groups in total. The molecule has 0 saturated carbocycles. The lowest BCUT2D eigenvalue weighted by molar-refractivity contribution is 0.248. The lowest BCUT2D eigenvalue weighted by Gasteiger charge is -2.28. The van der Waals surface area contributed by atoms with Gasteiger partial charge < -0.3 is 9.47 Å². The SMILES string of the molecule is CCOc1ccc(C(C)(C)CCCC2(F)C=CCC(Oc3ccccc3)=C2)cc1. The van der Waals surface area contributed by atoms with Gasteiger partial charge in [0, 0.05) is 6.42 Å². The Morgan fingerprint density at radius 1 is 1.00 bits per heavy atom. The third-order valence-corrected chi connectivity index (χ3v) is 5.42. The van der Waals surface area contributed by atoms with Crippen molar-refractivity contribution in [3.8, 4) is 11.5 Å². The number of para-hydroxylation sites is 1. The molecule has 29 heavy (non-hydrogen) atoms. The molecule has 1 aliphatic rings. The molecule has 1 atom stereocenters. The molecule has 0 saturated heterocycles. The fraction of sp³-hybridized carbons (Fsp3) is 0.385. The van der Waals surface area contributed by atoms with Crippen molar-refractivity contribution in [3.05, 3.63) is 84.1 Å². The number of allylic oxidation sites excluding steroid dienone is 3. The van der Waals surface area contributed by atoms with Crippen molar-refractivity contribution in [1.82, 2.24) is 0 Å². The summed E-state index contributed by atoms with van der Waals surface area (Å²) in [7, 11) is 0. The van der Waals surface area contributed by atoms with Gasteiger partial charge in [-0.25, -0.2) is 4.39 Å². The van der Waals surface area contributed by atoms with Crippen LogP contribution in [0.2, 0.25) is 0 Å². The van der Waals surface area contributed by atoms with E-state index >= 15 is 4.39 Å². The van der Waals surface area contributed by atoms with Crippen LogP contribution in [0.3, 0.4) is 0 Å². The number of alkyl halides is 1. The molecule has 0 fully saturated rings. The van der Waals surface area contributed by atoms with E-state index in [1.807, 2.05) is 55.5 Å². The second-order valence-electron chi connectivity index (χ2n) is 8.25. The molecule has 2 aromatic rings. The summed E-state index contributed by atoms with van der Waals surface area (Å²) in [5, 5.41) is 0. The third kappa shape index (κ3) is 5.96. The zero-order chi connectivity index (χ0) is 20.7. The Morgan fingerprint density at radius 3 is 2.41 bits per heavy atom. The van der Waals surface area contributed by atoms with Crippen LogP contribution < -0.4 is 9.47 Å². The molecule has 2 nitrogen and oxygen atoms in total. The Balaban J connectivity index is 1.57. The van der Waals surface area contributed by atoms with E-state index in [1.165, 1.54) is 5.56 Å². The molecule has 0 amide bonds. The van der Waals surface area contributed by atoms with Crippen molar-refractivity contribution in [1.29, 1.82) is 0 Å². The molecule has 3 heteroatoms. The molecule has 0 heterocycles. The van der Waals surface area contributed by atoms with Crippen molar-refractivity contribution in [2.45, 2.75) is 57.5 Å². The zero-order valence-corrected chi connectivity index (χ0v) is 17.7. The third-order valence-electron chi connectivity index (χ3n) is 5.42. The van der Waals surface area contributed by atoms with Gasteiger partial charge >= 0.3 is 0 Å². The van der Waals surface area contributed by atoms with Crippen LogP contribution in [0.1, 0.15) is 52.0 Å². The van der Waals surface area contributed by atoms with Crippen molar-refractivity contribution >= 4 is 0 Å². The highest BCUT2D eigenvalue weighted by atomic mass is 19.1. The van der Waals surface area contributed by atoms with E-state index in [1.54, 1.807) is 12.2 Å². The monoisotopic (exact) mass is 394 g/mol. The van der Waals surface area contributed by atoms with E-state index in [2.05, 4.69) is 26.0 Å². The van der Waals surface area contributed by atoms with Crippen LogP contribution >= 0.6 is 0 Å². The largest absolute Gasteiger partial charge is 0.494 e. The predicted octanol–water partition coefficient (Wildman–Crippen LogP) is 7.16. The number of hydrogen-bond acceptors (Lipinski definition) is 2. The predicted molar refractivity (Wildman–Crippen MR) is 117 cm³/mol. The minimum Gasteiger partial charge on any atom is -0.494 e. The molecular weight excluding hydrogens is 363 g/mol. The number of benzene rings is 2. The van der Waals surface area contributed by atoms with Gasteiger partial charge in [-0.1, -0.05) is 50.3 Å². The molecule has 0 bridgehead atoms. The average molecular weight is 395 g/mol. The highest BCUT2D eigenvalue weighted by Crippen LogP contribution is 2.35. The number of halogens is 1. The first kappa shape index (κ1) is 21.2. The van der Waals surface area contributed by atoms with Gasteiger partial charge in [-0.2, -0.15) is 0 Å². The maximum Gasteiger partial charge on any atom is 0.150 e. The first-order valence-corrected chi connectivity index (χ1v) is 10.4. The van der Waals surface area contributed by atoms with Gasteiger partial charge in [0.15, 0.2) is 5.67 Å². The first-order chi connectivity index (χ1) is 13.9. The summed E-state index contributed by atoms with van der Waals surface area (Å²) in [5.74, 6) is 2.30. The van der Waals surface area contributed by atoms with E-state index in [-0.39, 0.29) is 5.41 Å². The molecule has 0 spiro atoms. The number of rotatable bonds is 9. The Bertz CT molecular complexity index is 837. The molecule has 3 rings (SSSR count). The van der Waals surface area contributed by atoms with E-state index in [9.17, 15) is 0 Å². The lowest BCUT2D eigenvalue weighted by Crippen LogP contribution is -2.23. The summed E-state index contributed by atoms with van der Waals surface area (Å²) in [6, 6.07) is 17.8. The van der Waals surface area contributed by atoms with Crippen molar-refractivity contribution in [2.75, 3.05) is 6.61 Å². The van der Waals surface area contributed by atoms with Gasteiger partial charge in [-0.15, -0.1) is 0 Å². The Labute approximate surface area is 174 Å². The van der Waals surface area contributed by atoms with Gasteiger partial charge in [-0.05, 0) is 73.6 Å². The van der Waals surface area contributed by atoms with Crippen LogP contribution in [0.5, 0.6) is 11.5 Å².